The van der Waals surface area contributed by atoms with Gasteiger partial charge in [-0.15, -0.1) is 0 Å². The fourth-order valence-corrected chi connectivity index (χ4v) is 2.59. The normalized spacial score (nSPS) is 14.6. The van der Waals surface area contributed by atoms with E-state index in [1.54, 1.807) is 12.1 Å². The zero-order chi connectivity index (χ0) is 16.4. The van der Waals surface area contributed by atoms with Crippen LogP contribution in [0.1, 0.15) is 16.7 Å². The Labute approximate surface area is 133 Å². The highest BCUT2D eigenvalue weighted by Crippen LogP contribution is 2.33. The molecule has 0 amide bonds. The van der Waals surface area contributed by atoms with Gasteiger partial charge in [0.2, 0.25) is 11.3 Å². The lowest BCUT2D eigenvalue weighted by atomic mass is 10.1. The van der Waals surface area contributed by atoms with E-state index in [1.807, 2.05) is 0 Å². The van der Waals surface area contributed by atoms with Crippen molar-refractivity contribution in [2.24, 2.45) is 0 Å². The summed E-state index contributed by atoms with van der Waals surface area (Å²) in [6, 6.07) is 6.49. The summed E-state index contributed by atoms with van der Waals surface area (Å²) in [6.07, 6.45) is 0. The lowest BCUT2D eigenvalue weighted by molar-refractivity contribution is 0.134. The van der Waals surface area contributed by atoms with Crippen LogP contribution in [-0.2, 0) is 35.8 Å². The average Bonchev–Trinajstić information content (AvgIpc) is 2.94. The van der Waals surface area contributed by atoms with Gasteiger partial charge in [0.25, 0.3) is 0 Å². The third-order valence-corrected chi connectivity index (χ3v) is 3.79. The number of rotatable bonds is 5. The smallest absolute Gasteiger partial charge is 0.232 e. The van der Waals surface area contributed by atoms with Gasteiger partial charge in [0.05, 0.1) is 13.2 Å². The SMILES string of the molecule is O=S(O)NCc1cc2c(cc1Oc1ccc(F)cc1F)COC2. The summed E-state index contributed by atoms with van der Waals surface area (Å²) in [7, 11) is 0. The standard InChI is InChI=1S/C15H13F2NO4S/c16-12-1-2-14(13(17)5-12)22-15-4-11-8-21-7-10(11)3-9(15)6-18-23(19)20/h1-5,18H,6-8H2,(H,19,20). The van der Waals surface area contributed by atoms with Gasteiger partial charge in [-0.05, 0) is 35.4 Å². The first-order valence-corrected chi connectivity index (χ1v) is 7.83. The fraction of sp³-hybridized carbons (Fsp3) is 0.200. The molecule has 5 nitrogen and oxygen atoms in total. The van der Waals surface area contributed by atoms with E-state index in [0.29, 0.717) is 24.5 Å². The molecule has 0 aromatic heterocycles. The van der Waals surface area contributed by atoms with Crippen LogP contribution in [0, 0.1) is 11.6 Å². The van der Waals surface area contributed by atoms with E-state index in [0.717, 1.165) is 23.3 Å². The highest BCUT2D eigenvalue weighted by atomic mass is 32.2. The molecule has 2 N–H and O–H groups in total. The van der Waals surface area contributed by atoms with E-state index >= 15 is 0 Å². The van der Waals surface area contributed by atoms with Gasteiger partial charge in [-0.2, -0.15) is 0 Å². The number of benzene rings is 2. The van der Waals surface area contributed by atoms with Crippen molar-refractivity contribution in [3.8, 4) is 11.5 Å². The molecule has 23 heavy (non-hydrogen) atoms. The van der Waals surface area contributed by atoms with E-state index in [1.165, 1.54) is 6.07 Å². The van der Waals surface area contributed by atoms with E-state index in [4.69, 9.17) is 14.0 Å². The van der Waals surface area contributed by atoms with Crippen LogP contribution in [0.2, 0.25) is 0 Å². The molecule has 1 aliphatic rings. The highest BCUT2D eigenvalue weighted by Gasteiger charge is 2.18. The minimum Gasteiger partial charge on any atom is -0.454 e. The first-order chi connectivity index (χ1) is 11.0. The molecule has 0 saturated heterocycles. The Morgan fingerprint density at radius 1 is 1.17 bits per heavy atom. The maximum atomic E-state index is 13.8. The van der Waals surface area contributed by atoms with Gasteiger partial charge in [-0.25, -0.2) is 17.7 Å². The third-order valence-electron chi connectivity index (χ3n) is 3.40. The zero-order valence-electron chi connectivity index (χ0n) is 11.8. The Morgan fingerprint density at radius 3 is 2.61 bits per heavy atom. The fourth-order valence-electron chi connectivity index (χ4n) is 2.31. The van der Waals surface area contributed by atoms with Crippen molar-refractivity contribution in [1.82, 2.24) is 4.72 Å². The van der Waals surface area contributed by atoms with Gasteiger partial charge >= 0.3 is 0 Å². The van der Waals surface area contributed by atoms with Crippen LogP contribution in [-0.4, -0.2) is 8.76 Å². The van der Waals surface area contributed by atoms with Gasteiger partial charge in [-0.3, -0.25) is 4.55 Å². The molecular formula is C15H13F2NO4S. The molecule has 1 aliphatic heterocycles. The molecule has 2 aromatic carbocycles. The zero-order valence-corrected chi connectivity index (χ0v) is 12.7. The van der Waals surface area contributed by atoms with Crippen molar-refractivity contribution >= 4 is 11.3 Å². The summed E-state index contributed by atoms with van der Waals surface area (Å²) in [5.74, 6) is -1.34. The lowest BCUT2D eigenvalue weighted by Crippen LogP contribution is -2.16. The van der Waals surface area contributed by atoms with E-state index < -0.39 is 22.9 Å². The highest BCUT2D eigenvalue weighted by molar-refractivity contribution is 7.77. The molecule has 1 atom stereocenters. The molecule has 2 aromatic rings. The van der Waals surface area contributed by atoms with Crippen LogP contribution < -0.4 is 9.46 Å². The molecule has 1 heterocycles. The predicted octanol–water partition coefficient (Wildman–Crippen LogP) is 3.01. The molecule has 3 rings (SSSR count). The monoisotopic (exact) mass is 341 g/mol. The quantitative estimate of drug-likeness (QED) is 0.821. The van der Waals surface area contributed by atoms with Gasteiger partial charge in [0.15, 0.2) is 11.6 Å². The first kappa shape index (κ1) is 16.0. The second-order valence-corrected chi connectivity index (χ2v) is 5.76. The van der Waals surface area contributed by atoms with Crippen LogP contribution >= 0.6 is 0 Å². The largest absolute Gasteiger partial charge is 0.454 e. The molecule has 0 aliphatic carbocycles. The minimum atomic E-state index is -2.19. The molecule has 0 saturated carbocycles. The van der Waals surface area contributed by atoms with Crippen LogP contribution in [0.4, 0.5) is 8.78 Å². The molecule has 0 fully saturated rings. The van der Waals surface area contributed by atoms with Crippen molar-refractivity contribution in [2.45, 2.75) is 19.8 Å². The second-order valence-electron chi connectivity index (χ2n) is 4.97. The van der Waals surface area contributed by atoms with Crippen molar-refractivity contribution in [3.63, 3.8) is 0 Å². The molecule has 0 radical (unpaired) electrons. The van der Waals surface area contributed by atoms with Crippen LogP contribution in [0.3, 0.4) is 0 Å². The van der Waals surface area contributed by atoms with E-state index in [9.17, 15) is 13.0 Å². The Balaban J connectivity index is 1.94. The number of ether oxygens (including phenoxy) is 2. The molecule has 1 unspecified atom stereocenters. The van der Waals surface area contributed by atoms with Crippen molar-refractivity contribution in [2.75, 3.05) is 0 Å². The lowest BCUT2D eigenvalue weighted by Gasteiger charge is -2.13. The van der Waals surface area contributed by atoms with Crippen LogP contribution in [0.25, 0.3) is 0 Å². The van der Waals surface area contributed by atoms with E-state index in [-0.39, 0.29) is 12.3 Å². The summed E-state index contributed by atoms with van der Waals surface area (Å²) in [4.78, 5) is 0. The molecular weight excluding hydrogens is 328 g/mol. The minimum absolute atomic E-state index is 0.0501. The van der Waals surface area contributed by atoms with Crippen molar-refractivity contribution < 1.29 is 27.0 Å². The maximum Gasteiger partial charge on any atom is 0.232 e. The van der Waals surface area contributed by atoms with Crippen LogP contribution in [0.15, 0.2) is 30.3 Å². The number of halogens is 2. The van der Waals surface area contributed by atoms with Gasteiger partial charge < -0.3 is 9.47 Å². The Morgan fingerprint density at radius 2 is 1.91 bits per heavy atom. The average molecular weight is 341 g/mol. The second kappa shape index (κ2) is 6.71. The van der Waals surface area contributed by atoms with Gasteiger partial charge in [0.1, 0.15) is 11.6 Å². The summed E-state index contributed by atoms with van der Waals surface area (Å²) in [6.45, 7) is 0.904. The summed E-state index contributed by atoms with van der Waals surface area (Å²) >= 11 is -2.19. The first-order valence-electron chi connectivity index (χ1n) is 6.72. The van der Waals surface area contributed by atoms with Crippen molar-refractivity contribution in [1.29, 1.82) is 0 Å². The van der Waals surface area contributed by atoms with Gasteiger partial charge in [0, 0.05) is 18.2 Å². The Hall–Kier alpha value is -1.87. The number of nitrogens with one attached hydrogen (secondary N) is 1. The summed E-state index contributed by atoms with van der Waals surface area (Å²) in [5.41, 5.74) is 2.41. The Bertz CT molecular complexity index is 769. The summed E-state index contributed by atoms with van der Waals surface area (Å²) in [5, 5.41) is 0. The van der Waals surface area contributed by atoms with Crippen LogP contribution in [0.5, 0.6) is 11.5 Å². The number of hydrogen-bond donors (Lipinski definition) is 2. The molecule has 0 spiro atoms. The van der Waals surface area contributed by atoms with Crippen molar-refractivity contribution in [3.05, 3.63) is 58.7 Å². The topological polar surface area (TPSA) is 67.8 Å². The predicted molar refractivity (Wildman–Crippen MR) is 79.0 cm³/mol. The molecule has 122 valence electrons. The maximum absolute atomic E-state index is 13.8. The van der Waals surface area contributed by atoms with E-state index in [2.05, 4.69) is 4.72 Å². The Kier molecular flexibility index (Phi) is 4.67. The van der Waals surface area contributed by atoms with Gasteiger partial charge in [-0.1, -0.05) is 0 Å². The third kappa shape index (κ3) is 3.73. The molecule has 8 heteroatoms. The molecule has 0 bridgehead atoms. The number of fused-ring (bicyclic) bond motifs is 1. The number of hydrogen-bond acceptors (Lipinski definition) is 3. The summed E-state index contributed by atoms with van der Waals surface area (Å²) < 4.78 is 59.6.